The number of likely N-dealkylation sites (tertiary alicyclic amines) is 1. The van der Waals surface area contributed by atoms with Crippen LogP contribution in [0.4, 0.5) is 4.39 Å². The molecule has 0 bridgehead atoms. The Hall–Kier alpha value is -1.33. The summed E-state index contributed by atoms with van der Waals surface area (Å²) >= 11 is 0. The Balaban J connectivity index is 0.00000161. The number of nitrogens with zero attached hydrogens (tertiary/aromatic N) is 1. The van der Waals surface area contributed by atoms with Crippen LogP contribution in [0, 0.1) is 17.7 Å². The Labute approximate surface area is 130 Å². The van der Waals surface area contributed by atoms with Gasteiger partial charge in [0.05, 0.1) is 13.5 Å². The highest BCUT2D eigenvalue weighted by Crippen LogP contribution is 2.27. The SMILES string of the molecule is COc1ccc(CC(=O)N2C[C@H]3CNC[C@H]3C2)cc1F.Cl. The standard InChI is InChI=1S/C15H19FN2O2.ClH/c1-20-14-3-2-10(4-13(14)16)5-15(19)18-8-11-6-17-7-12(11)9-18;/h2-4,11-12,17H,5-9H2,1H3;1H/t11-,12+;. The van der Waals surface area contributed by atoms with Crippen molar-refractivity contribution in [2.24, 2.45) is 11.8 Å². The molecule has 2 fully saturated rings. The van der Waals surface area contributed by atoms with Crippen LogP contribution in [0.5, 0.6) is 5.75 Å². The van der Waals surface area contributed by atoms with E-state index in [9.17, 15) is 9.18 Å². The quantitative estimate of drug-likeness (QED) is 0.919. The van der Waals surface area contributed by atoms with E-state index in [1.54, 1.807) is 12.1 Å². The lowest BCUT2D eigenvalue weighted by atomic mass is 10.0. The number of carbonyl (C=O) groups excluding carboxylic acids is 1. The fourth-order valence-corrected chi connectivity index (χ4v) is 3.17. The largest absolute Gasteiger partial charge is 0.494 e. The predicted molar refractivity (Wildman–Crippen MR) is 80.3 cm³/mol. The fourth-order valence-electron chi connectivity index (χ4n) is 3.17. The normalized spacial score (nSPS) is 23.6. The molecule has 0 unspecified atom stereocenters. The first kappa shape index (κ1) is 16.0. The molecule has 1 amide bonds. The third kappa shape index (κ3) is 3.30. The Morgan fingerprint density at radius 3 is 2.62 bits per heavy atom. The summed E-state index contributed by atoms with van der Waals surface area (Å²) in [6, 6.07) is 4.70. The van der Waals surface area contributed by atoms with Crippen LogP contribution in [0.2, 0.25) is 0 Å². The molecule has 21 heavy (non-hydrogen) atoms. The molecule has 0 spiro atoms. The van der Waals surface area contributed by atoms with Crippen molar-refractivity contribution in [3.8, 4) is 5.75 Å². The van der Waals surface area contributed by atoms with Crippen LogP contribution < -0.4 is 10.1 Å². The van der Waals surface area contributed by atoms with Crippen molar-refractivity contribution in [3.05, 3.63) is 29.6 Å². The van der Waals surface area contributed by atoms with E-state index in [4.69, 9.17) is 4.74 Å². The van der Waals surface area contributed by atoms with Gasteiger partial charge in [0.2, 0.25) is 5.91 Å². The summed E-state index contributed by atoms with van der Waals surface area (Å²) in [4.78, 5) is 14.2. The third-order valence-corrected chi connectivity index (χ3v) is 4.31. The Morgan fingerprint density at radius 1 is 1.38 bits per heavy atom. The minimum Gasteiger partial charge on any atom is -0.494 e. The first-order chi connectivity index (χ1) is 9.67. The van der Waals surface area contributed by atoms with E-state index in [0.29, 0.717) is 17.4 Å². The van der Waals surface area contributed by atoms with E-state index in [1.165, 1.54) is 13.2 Å². The molecule has 0 aromatic heterocycles. The van der Waals surface area contributed by atoms with Gasteiger partial charge >= 0.3 is 0 Å². The van der Waals surface area contributed by atoms with Crippen LogP contribution in [0.15, 0.2) is 18.2 Å². The molecule has 2 aliphatic heterocycles. The minimum atomic E-state index is -0.416. The molecule has 2 atom stereocenters. The molecule has 1 aromatic carbocycles. The molecule has 1 N–H and O–H groups in total. The molecule has 6 heteroatoms. The molecule has 2 heterocycles. The summed E-state index contributed by atoms with van der Waals surface area (Å²) in [7, 11) is 1.43. The summed E-state index contributed by atoms with van der Waals surface area (Å²) in [6.07, 6.45) is 0.258. The fraction of sp³-hybridized carbons (Fsp3) is 0.533. The van der Waals surface area contributed by atoms with Crippen molar-refractivity contribution in [2.45, 2.75) is 6.42 Å². The number of nitrogens with one attached hydrogen (secondary N) is 1. The van der Waals surface area contributed by atoms with E-state index < -0.39 is 5.82 Å². The number of hydrogen-bond donors (Lipinski definition) is 1. The highest BCUT2D eigenvalue weighted by molar-refractivity contribution is 5.85. The number of hydrogen-bond acceptors (Lipinski definition) is 3. The Kier molecular flexibility index (Phi) is 5.06. The van der Waals surface area contributed by atoms with E-state index in [1.807, 2.05) is 4.90 Å². The van der Waals surface area contributed by atoms with Crippen LogP contribution in [-0.4, -0.2) is 44.1 Å². The zero-order valence-corrected chi connectivity index (χ0v) is 12.8. The maximum atomic E-state index is 13.6. The average Bonchev–Trinajstić information content (AvgIpc) is 2.99. The van der Waals surface area contributed by atoms with Gasteiger partial charge in [-0.2, -0.15) is 0 Å². The highest BCUT2D eigenvalue weighted by atomic mass is 35.5. The topological polar surface area (TPSA) is 41.6 Å². The summed E-state index contributed by atoms with van der Waals surface area (Å²) in [5.41, 5.74) is 0.698. The molecule has 0 saturated carbocycles. The van der Waals surface area contributed by atoms with Gasteiger partial charge in [-0.05, 0) is 29.5 Å². The van der Waals surface area contributed by atoms with Gasteiger partial charge in [0.15, 0.2) is 11.6 Å². The second-order valence-electron chi connectivity index (χ2n) is 5.62. The van der Waals surface area contributed by atoms with Crippen LogP contribution >= 0.6 is 12.4 Å². The number of fused-ring (bicyclic) bond motifs is 1. The van der Waals surface area contributed by atoms with E-state index in [2.05, 4.69) is 5.32 Å². The first-order valence-electron chi connectivity index (χ1n) is 6.98. The number of methoxy groups -OCH3 is 1. The van der Waals surface area contributed by atoms with Gasteiger partial charge in [-0.1, -0.05) is 6.07 Å². The zero-order valence-electron chi connectivity index (χ0n) is 12.0. The third-order valence-electron chi connectivity index (χ3n) is 4.31. The number of rotatable bonds is 3. The van der Waals surface area contributed by atoms with Gasteiger partial charge in [-0.3, -0.25) is 4.79 Å². The van der Waals surface area contributed by atoms with Crippen LogP contribution in [0.25, 0.3) is 0 Å². The average molecular weight is 315 g/mol. The lowest BCUT2D eigenvalue weighted by Gasteiger charge is -2.17. The van der Waals surface area contributed by atoms with Gasteiger partial charge in [0, 0.05) is 26.2 Å². The van der Waals surface area contributed by atoms with Gasteiger partial charge in [-0.15, -0.1) is 12.4 Å². The second-order valence-corrected chi connectivity index (χ2v) is 5.62. The molecule has 4 nitrogen and oxygen atoms in total. The summed E-state index contributed by atoms with van der Waals surface area (Å²) in [5.74, 6) is 1.06. The Morgan fingerprint density at radius 2 is 2.05 bits per heavy atom. The monoisotopic (exact) mass is 314 g/mol. The molecule has 0 radical (unpaired) electrons. The molecule has 2 aliphatic rings. The smallest absolute Gasteiger partial charge is 0.227 e. The van der Waals surface area contributed by atoms with Crippen molar-refractivity contribution >= 4 is 18.3 Å². The van der Waals surface area contributed by atoms with Crippen molar-refractivity contribution in [1.29, 1.82) is 0 Å². The van der Waals surface area contributed by atoms with E-state index >= 15 is 0 Å². The molecule has 2 saturated heterocycles. The highest BCUT2D eigenvalue weighted by Gasteiger charge is 2.37. The molecule has 3 rings (SSSR count). The van der Waals surface area contributed by atoms with Gasteiger partial charge < -0.3 is 15.0 Å². The van der Waals surface area contributed by atoms with Crippen molar-refractivity contribution in [2.75, 3.05) is 33.3 Å². The van der Waals surface area contributed by atoms with Crippen LogP contribution in [0.1, 0.15) is 5.56 Å². The predicted octanol–water partition coefficient (Wildman–Crippen LogP) is 1.48. The number of carbonyl (C=O) groups is 1. The lowest BCUT2D eigenvalue weighted by Crippen LogP contribution is -2.33. The number of ether oxygens (including phenoxy) is 1. The summed E-state index contributed by atoms with van der Waals surface area (Å²) in [5, 5.41) is 3.35. The second kappa shape index (κ2) is 6.62. The zero-order chi connectivity index (χ0) is 14.1. The van der Waals surface area contributed by atoms with Gasteiger partial charge in [-0.25, -0.2) is 4.39 Å². The van der Waals surface area contributed by atoms with E-state index in [-0.39, 0.29) is 30.5 Å². The first-order valence-corrected chi connectivity index (χ1v) is 6.98. The maximum Gasteiger partial charge on any atom is 0.227 e. The molecular formula is C15H20ClFN2O2. The number of halogens is 2. The van der Waals surface area contributed by atoms with Crippen molar-refractivity contribution in [1.82, 2.24) is 10.2 Å². The summed E-state index contributed by atoms with van der Waals surface area (Å²) in [6.45, 7) is 3.67. The van der Waals surface area contributed by atoms with Crippen LogP contribution in [0.3, 0.4) is 0 Å². The Bertz CT molecular complexity index is 514. The maximum absolute atomic E-state index is 13.6. The van der Waals surface area contributed by atoms with Gasteiger partial charge in [0.1, 0.15) is 0 Å². The summed E-state index contributed by atoms with van der Waals surface area (Å²) < 4.78 is 18.5. The molecular weight excluding hydrogens is 295 g/mol. The van der Waals surface area contributed by atoms with Gasteiger partial charge in [0.25, 0.3) is 0 Å². The van der Waals surface area contributed by atoms with Crippen molar-refractivity contribution in [3.63, 3.8) is 0 Å². The molecule has 1 aromatic rings. The van der Waals surface area contributed by atoms with Crippen molar-refractivity contribution < 1.29 is 13.9 Å². The molecule has 116 valence electrons. The molecule has 0 aliphatic carbocycles. The minimum absolute atomic E-state index is 0. The number of amides is 1. The van der Waals surface area contributed by atoms with E-state index in [0.717, 1.165) is 26.2 Å². The lowest BCUT2D eigenvalue weighted by molar-refractivity contribution is -0.129. The number of benzene rings is 1. The van der Waals surface area contributed by atoms with Crippen LogP contribution in [-0.2, 0) is 11.2 Å².